The number of rotatable bonds is 7. The van der Waals surface area contributed by atoms with Crippen molar-refractivity contribution in [3.8, 4) is 18.6 Å². The number of nitrogens with one attached hydrogen (secondary N) is 3. The van der Waals surface area contributed by atoms with Gasteiger partial charge < -0.3 is 30.4 Å². The van der Waals surface area contributed by atoms with Gasteiger partial charge in [0, 0.05) is 14.1 Å². The van der Waals surface area contributed by atoms with Crippen molar-refractivity contribution in [2.24, 2.45) is 14.7 Å². The molecule has 2 heterocycles. The van der Waals surface area contributed by atoms with E-state index < -0.39 is 40.1 Å². The molecule has 10 nitrogen and oxygen atoms in total. The molecular weight excluding hydrogens is 585 g/mol. The van der Waals surface area contributed by atoms with E-state index in [1.807, 2.05) is 20.2 Å². The first kappa shape index (κ1) is 39.2. The average molecular weight is 629 g/mol. The van der Waals surface area contributed by atoms with Crippen molar-refractivity contribution in [2.75, 3.05) is 33.5 Å². The smallest absolute Gasteiger partial charge is 0.417 e. The molecule has 0 aliphatic carbocycles. The number of nitrogens with zero attached hydrogens (tertiary/aromatic N) is 3. The second kappa shape index (κ2) is 19.4. The number of phenols is 1. The summed E-state index contributed by atoms with van der Waals surface area (Å²) < 4.78 is 65.3. The second-order valence-electron chi connectivity index (χ2n) is 9.93. The van der Waals surface area contributed by atoms with Crippen LogP contribution in [0.5, 0.6) is 5.75 Å². The van der Waals surface area contributed by atoms with Crippen molar-refractivity contribution in [1.29, 1.82) is 0 Å². The molecule has 3 rings (SSSR count). The Hall–Kier alpha value is -3.83. The largest absolute Gasteiger partial charge is 0.505 e. The molecule has 1 aromatic heterocycles. The van der Waals surface area contributed by atoms with Crippen molar-refractivity contribution in [2.45, 2.75) is 59.7 Å². The summed E-state index contributed by atoms with van der Waals surface area (Å²) in [7, 11) is 6.28. The lowest BCUT2D eigenvalue weighted by Gasteiger charge is -2.19. The van der Waals surface area contributed by atoms with Crippen LogP contribution in [0.1, 0.15) is 67.8 Å². The number of aromatic hydroxyl groups is 1. The quantitative estimate of drug-likeness (QED) is 0.239. The van der Waals surface area contributed by atoms with Crippen molar-refractivity contribution in [1.82, 2.24) is 15.5 Å². The summed E-state index contributed by atoms with van der Waals surface area (Å²) in [5.41, 5.74) is -1.39. The van der Waals surface area contributed by atoms with Gasteiger partial charge in [0.1, 0.15) is 5.76 Å². The number of hydrogen-bond donors (Lipinski definition) is 4. The Kier molecular flexibility index (Phi) is 17.7. The molecule has 2 aromatic rings. The van der Waals surface area contributed by atoms with Crippen molar-refractivity contribution < 1.29 is 31.7 Å². The number of hydrogen-bond acceptors (Lipinski definition) is 7. The van der Waals surface area contributed by atoms with Crippen LogP contribution in [0.25, 0.3) is 0 Å². The van der Waals surface area contributed by atoms with Crippen molar-refractivity contribution in [3.63, 3.8) is 0 Å². The number of benzene rings is 1. The molecule has 1 aliphatic rings. The highest BCUT2D eigenvalue weighted by atomic mass is 32.2. The number of carbonyl (C=O) groups is 1. The first-order valence-electron chi connectivity index (χ1n) is 13.4. The maximum Gasteiger partial charge on any atom is 0.417 e. The molecule has 14 heteroatoms. The fourth-order valence-corrected chi connectivity index (χ4v) is 3.80. The Morgan fingerprint density at radius 3 is 2.21 bits per heavy atom. The van der Waals surface area contributed by atoms with Gasteiger partial charge in [0.15, 0.2) is 17.4 Å². The van der Waals surface area contributed by atoms with Crippen LogP contribution in [0.3, 0.4) is 0 Å². The van der Waals surface area contributed by atoms with Crippen LogP contribution in [0, 0.1) is 18.8 Å². The molecule has 0 bridgehead atoms. The summed E-state index contributed by atoms with van der Waals surface area (Å²) in [5.74, 6) is -0.532. The number of amides is 1. The van der Waals surface area contributed by atoms with Gasteiger partial charge in [0.25, 0.3) is 17.1 Å². The van der Waals surface area contributed by atoms with Crippen LogP contribution in [-0.4, -0.2) is 60.0 Å². The summed E-state index contributed by atoms with van der Waals surface area (Å²) in [6.45, 7) is 8.77. The molecule has 240 valence electrons. The average Bonchev–Trinajstić information content (AvgIpc) is 3.52. The number of carbonyl (C=O) groups excluding carboxylic acids is 1. The van der Waals surface area contributed by atoms with E-state index in [2.05, 4.69) is 65.3 Å². The highest BCUT2D eigenvalue weighted by Crippen LogP contribution is 2.40. The van der Waals surface area contributed by atoms with Gasteiger partial charge in [-0.2, -0.15) is 13.2 Å². The maximum absolute atomic E-state index is 13.4. The van der Waals surface area contributed by atoms with Gasteiger partial charge in [0.2, 0.25) is 0 Å². The molecule has 4 N–H and O–H groups in total. The summed E-state index contributed by atoms with van der Waals surface area (Å²) >= 11 is -1.98. The van der Waals surface area contributed by atoms with Gasteiger partial charge in [-0.1, -0.05) is 34.1 Å². The summed E-state index contributed by atoms with van der Waals surface area (Å²) in [4.78, 5) is 13.3. The van der Waals surface area contributed by atoms with Crippen LogP contribution in [-0.2, 0) is 30.3 Å². The summed E-state index contributed by atoms with van der Waals surface area (Å²) in [5, 5.41) is 18.8. The third-order valence-corrected chi connectivity index (χ3v) is 5.55. The highest BCUT2D eigenvalue weighted by molar-refractivity contribution is 7.83. The summed E-state index contributed by atoms with van der Waals surface area (Å²) in [6.07, 6.45) is 7.73. The Labute approximate surface area is 255 Å². The Morgan fingerprint density at radius 2 is 1.70 bits per heavy atom. The number of furan rings is 1. The van der Waals surface area contributed by atoms with Crippen LogP contribution in [0.2, 0.25) is 0 Å². The lowest BCUT2D eigenvalue weighted by molar-refractivity contribution is -0.138. The lowest BCUT2D eigenvalue weighted by atomic mass is 10.0. The number of unbranched alkanes of at least 4 members (excludes halogenated alkanes) is 1. The number of aryl methyl sites for hydroxylation is 1. The summed E-state index contributed by atoms with van der Waals surface area (Å²) in [6, 6.07) is 3.51. The zero-order chi connectivity index (χ0) is 33.3. The zero-order valence-corrected chi connectivity index (χ0v) is 26.7. The molecule has 1 unspecified atom stereocenters. The van der Waals surface area contributed by atoms with E-state index in [0.29, 0.717) is 11.8 Å². The molecule has 0 fully saturated rings. The minimum Gasteiger partial charge on any atom is -0.505 e. The van der Waals surface area contributed by atoms with E-state index in [1.165, 1.54) is 14.1 Å². The molecule has 0 saturated carbocycles. The first-order chi connectivity index (χ1) is 20.2. The monoisotopic (exact) mass is 628 g/mol. The molecule has 1 atom stereocenters. The first-order valence-corrected chi connectivity index (χ1v) is 14.5. The maximum atomic E-state index is 13.4. The third-order valence-electron chi connectivity index (χ3n) is 4.88. The normalized spacial score (nSPS) is 13.7. The fourth-order valence-electron chi connectivity index (χ4n) is 3.16. The van der Waals surface area contributed by atoms with E-state index in [4.69, 9.17) is 4.42 Å². The van der Waals surface area contributed by atoms with Gasteiger partial charge in [-0.15, -0.1) is 21.6 Å². The second-order valence-corrected chi connectivity index (χ2v) is 10.8. The third kappa shape index (κ3) is 13.3. The molecule has 0 radical (unpaired) electrons. The molecule has 0 saturated heterocycles. The molecule has 43 heavy (non-hydrogen) atoms. The van der Waals surface area contributed by atoms with Crippen LogP contribution in [0.4, 0.5) is 18.9 Å². The van der Waals surface area contributed by atoms with Gasteiger partial charge in [-0.25, -0.2) is 4.21 Å². The lowest BCUT2D eigenvalue weighted by Crippen LogP contribution is -2.33. The van der Waals surface area contributed by atoms with Gasteiger partial charge >= 0.3 is 6.18 Å². The molecular formula is C29H43F3N6O4S. The SMILES string of the molecule is C#C.CC(C)C.CCCCc1coc(CNC2=NS(=O)N=C2Nc2ccc(C(F)(F)F)c(C(=O)N(C)C)c2O)c1.CNC. The molecule has 1 aliphatic heterocycles. The predicted molar refractivity (Wildman–Crippen MR) is 167 cm³/mol. The Balaban J connectivity index is 0.00000174. The number of phenolic OH excluding ortho intramolecular Hbond substituents is 1. The van der Waals surface area contributed by atoms with Crippen molar-refractivity contribution >= 4 is 34.4 Å². The number of amidine groups is 2. The molecule has 1 amide bonds. The molecule has 0 spiro atoms. The zero-order valence-electron chi connectivity index (χ0n) is 25.9. The highest BCUT2D eigenvalue weighted by Gasteiger charge is 2.38. The number of terminal acetylenes is 1. The Morgan fingerprint density at radius 1 is 1.14 bits per heavy atom. The van der Waals surface area contributed by atoms with E-state index in [1.54, 1.807) is 6.26 Å². The van der Waals surface area contributed by atoms with E-state index >= 15 is 0 Å². The van der Waals surface area contributed by atoms with Crippen molar-refractivity contribution in [3.05, 3.63) is 46.9 Å². The van der Waals surface area contributed by atoms with E-state index in [9.17, 15) is 27.3 Å². The number of halogens is 3. The fraction of sp³-hybridized carbons (Fsp3) is 0.483. The van der Waals surface area contributed by atoms with E-state index in [-0.39, 0.29) is 23.9 Å². The van der Waals surface area contributed by atoms with Crippen LogP contribution in [0.15, 0.2) is 37.7 Å². The minimum absolute atomic E-state index is 0.0598. The van der Waals surface area contributed by atoms with Gasteiger partial charge in [-0.3, -0.25) is 4.79 Å². The number of alkyl halides is 3. The Bertz CT molecular complexity index is 1270. The van der Waals surface area contributed by atoms with Gasteiger partial charge in [-0.05, 0) is 56.6 Å². The van der Waals surface area contributed by atoms with Crippen LogP contribution < -0.4 is 16.0 Å². The van der Waals surface area contributed by atoms with Gasteiger partial charge in [0.05, 0.1) is 29.6 Å². The predicted octanol–water partition coefficient (Wildman–Crippen LogP) is 5.39. The number of anilines is 1. The topological polar surface area (TPSA) is 132 Å². The van der Waals surface area contributed by atoms with E-state index in [0.717, 1.165) is 41.7 Å². The standard InChI is InChI=1S/C21H24F3N5O4S.C4H10.C2H7N.C2H2/c1-4-5-6-12-9-13(33-11-12)10-25-18-19(28-34(32)27-18)26-15-8-7-14(21(22,23)24)16(17(15)30)20(31)29(2)3;1-4(2)3;1-3-2;1-2/h7-9,11,30H,4-6,10H2,1-3H3,(H,25,27)(H,26,28);4H,1-3H3;3H,1-2H3;1-2H. The molecule has 1 aromatic carbocycles. The minimum atomic E-state index is -4.86. The van der Waals surface area contributed by atoms with Crippen LogP contribution >= 0.6 is 0 Å².